The summed E-state index contributed by atoms with van der Waals surface area (Å²) in [4.78, 5) is 12.5. The second-order valence-corrected chi connectivity index (χ2v) is 17.7. The summed E-state index contributed by atoms with van der Waals surface area (Å²) in [6.07, 6.45) is 64.7. The maximum absolute atomic E-state index is 12.5. The average Bonchev–Trinajstić information content (AvgIpc) is 3.24. The van der Waals surface area contributed by atoms with Crippen LogP contribution in [0.4, 0.5) is 0 Å². The smallest absolute Gasteiger partial charge is 0.249 e. The van der Waals surface area contributed by atoms with Crippen LogP contribution in [0.2, 0.25) is 0 Å². The van der Waals surface area contributed by atoms with Crippen LogP contribution < -0.4 is 5.32 Å². The van der Waals surface area contributed by atoms with E-state index in [0.29, 0.717) is 6.42 Å². The Hall–Kier alpha value is -1.69. The third-order valence-electron chi connectivity index (χ3n) is 11.9. The van der Waals surface area contributed by atoms with Crippen molar-refractivity contribution in [2.75, 3.05) is 6.61 Å². The normalized spacial score (nSPS) is 13.8. The minimum absolute atomic E-state index is 0.381. The lowest BCUT2D eigenvalue weighted by Gasteiger charge is -2.21. The first-order valence-electron chi connectivity index (χ1n) is 26.0. The van der Waals surface area contributed by atoms with Crippen molar-refractivity contribution < 1.29 is 20.1 Å². The standard InChI is InChI=1S/C54H101NO4/c1-3-5-7-9-11-13-15-17-19-20-21-22-23-24-25-26-27-28-29-30-31-32-33-34-35-37-39-41-43-45-47-49-53(58)54(59)55-51(50-56)52(57)48-46-44-42-40-38-36-18-16-14-12-10-8-6-4-2/h14,16,24-25,38,40,46,48,51-53,56-58H,3-13,15,17-23,26-37,39,41-45,47,49-50H2,1-2H3,(H,55,59)/b16-14+,25-24-,40-38+,48-46+. The van der Waals surface area contributed by atoms with E-state index in [4.69, 9.17) is 0 Å². The lowest BCUT2D eigenvalue weighted by molar-refractivity contribution is -0.131. The minimum Gasteiger partial charge on any atom is -0.394 e. The fourth-order valence-electron chi connectivity index (χ4n) is 7.80. The maximum atomic E-state index is 12.5. The van der Waals surface area contributed by atoms with E-state index >= 15 is 0 Å². The van der Waals surface area contributed by atoms with Gasteiger partial charge in [-0.25, -0.2) is 0 Å². The Kier molecular flexibility index (Phi) is 47.6. The highest BCUT2D eigenvalue weighted by Gasteiger charge is 2.22. The van der Waals surface area contributed by atoms with Crippen molar-refractivity contribution in [2.24, 2.45) is 0 Å². The Balaban J connectivity index is 3.56. The highest BCUT2D eigenvalue weighted by atomic mass is 16.3. The van der Waals surface area contributed by atoms with Crippen molar-refractivity contribution in [3.8, 4) is 0 Å². The number of carbonyl (C=O) groups is 1. The van der Waals surface area contributed by atoms with Crippen molar-refractivity contribution in [3.05, 3.63) is 48.6 Å². The van der Waals surface area contributed by atoms with Gasteiger partial charge in [-0.1, -0.05) is 242 Å². The topological polar surface area (TPSA) is 89.8 Å². The number of aliphatic hydroxyl groups is 3. The SMILES string of the molecule is CCCCCC/C=C/CC/C=C/CC/C=C/C(O)C(CO)NC(=O)C(O)CCCCCCCCCCCCCCCCC/C=C\CCCCCCCCCCCCCC. The summed E-state index contributed by atoms with van der Waals surface area (Å²) in [5.74, 6) is -0.516. The second-order valence-electron chi connectivity index (χ2n) is 17.7. The van der Waals surface area contributed by atoms with Crippen molar-refractivity contribution in [2.45, 2.75) is 283 Å². The number of rotatable bonds is 47. The molecule has 4 N–H and O–H groups in total. The van der Waals surface area contributed by atoms with E-state index < -0.39 is 24.2 Å². The van der Waals surface area contributed by atoms with Gasteiger partial charge in [0.05, 0.1) is 18.8 Å². The van der Waals surface area contributed by atoms with Gasteiger partial charge in [0.1, 0.15) is 6.10 Å². The number of hydrogen-bond donors (Lipinski definition) is 4. The zero-order valence-corrected chi connectivity index (χ0v) is 39.4. The third kappa shape index (κ3) is 44.2. The number of carbonyl (C=O) groups excluding carboxylic acids is 1. The molecule has 0 aliphatic heterocycles. The first kappa shape index (κ1) is 57.3. The van der Waals surface area contributed by atoms with Gasteiger partial charge in [-0.2, -0.15) is 0 Å². The molecular weight excluding hydrogens is 727 g/mol. The van der Waals surface area contributed by atoms with Crippen molar-refractivity contribution in [1.82, 2.24) is 5.32 Å². The fourth-order valence-corrected chi connectivity index (χ4v) is 7.80. The quantitative estimate of drug-likeness (QED) is 0.0363. The number of unbranched alkanes of at least 4 members (excludes halogenated alkanes) is 33. The summed E-state index contributed by atoms with van der Waals surface area (Å²) < 4.78 is 0. The van der Waals surface area contributed by atoms with Gasteiger partial charge in [-0.05, 0) is 70.6 Å². The molecule has 0 aliphatic carbocycles. The van der Waals surface area contributed by atoms with E-state index in [0.717, 1.165) is 44.9 Å². The van der Waals surface area contributed by atoms with Crippen LogP contribution in [0.1, 0.15) is 264 Å². The van der Waals surface area contributed by atoms with Crippen molar-refractivity contribution >= 4 is 5.91 Å². The van der Waals surface area contributed by atoms with Crippen molar-refractivity contribution in [3.63, 3.8) is 0 Å². The Morgan fingerprint density at radius 1 is 0.407 bits per heavy atom. The number of amides is 1. The zero-order valence-electron chi connectivity index (χ0n) is 39.4. The largest absolute Gasteiger partial charge is 0.394 e. The molecule has 0 bridgehead atoms. The summed E-state index contributed by atoms with van der Waals surface area (Å²) in [7, 11) is 0. The predicted octanol–water partition coefficient (Wildman–Crippen LogP) is 15.7. The first-order valence-corrected chi connectivity index (χ1v) is 26.0. The molecule has 0 heterocycles. The molecular formula is C54H101NO4. The van der Waals surface area contributed by atoms with E-state index in [1.807, 2.05) is 6.08 Å². The molecule has 1 amide bonds. The van der Waals surface area contributed by atoms with E-state index in [2.05, 4.69) is 55.6 Å². The van der Waals surface area contributed by atoms with Gasteiger partial charge in [-0.15, -0.1) is 0 Å². The lowest BCUT2D eigenvalue weighted by Crippen LogP contribution is -2.48. The van der Waals surface area contributed by atoms with E-state index in [1.54, 1.807) is 6.08 Å². The monoisotopic (exact) mass is 828 g/mol. The lowest BCUT2D eigenvalue weighted by atomic mass is 10.0. The van der Waals surface area contributed by atoms with Crippen LogP contribution in [-0.2, 0) is 4.79 Å². The average molecular weight is 828 g/mol. The predicted molar refractivity (Wildman–Crippen MR) is 259 cm³/mol. The molecule has 3 atom stereocenters. The van der Waals surface area contributed by atoms with Crippen molar-refractivity contribution in [1.29, 1.82) is 0 Å². The van der Waals surface area contributed by atoms with Gasteiger partial charge in [0, 0.05) is 0 Å². The van der Waals surface area contributed by atoms with Crippen LogP contribution in [0.3, 0.4) is 0 Å². The molecule has 0 aromatic heterocycles. The number of nitrogens with one attached hydrogen (secondary N) is 1. The Labute approximate surface area is 367 Å². The number of allylic oxidation sites excluding steroid dienone is 7. The van der Waals surface area contributed by atoms with Crippen LogP contribution in [0.15, 0.2) is 48.6 Å². The molecule has 0 aromatic rings. The van der Waals surface area contributed by atoms with Gasteiger partial charge < -0.3 is 20.6 Å². The molecule has 0 radical (unpaired) electrons. The zero-order chi connectivity index (χ0) is 43.0. The fraction of sp³-hybridized carbons (Fsp3) is 0.833. The van der Waals surface area contributed by atoms with Gasteiger partial charge in [0.25, 0.3) is 0 Å². The Morgan fingerprint density at radius 2 is 0.695 bits per heavy atom. The highest BCUT2D eigenvalue weighted by Crippen LogP contribution is 2.16. The molecule has 0 fully saturated rings. The van der Waals surface area contributed by atoms with Gasteiger partial charge in [-0.3, -0.25) is 4.79 Å². The second kappa shape index (κ2) is 49.0. The minimum atomic E-state index is -1.11. The maximum Gasteiger partial charge on any atom is 0.249 e. The number of aliphatic hydroxyl groups excluding tert-OH is 3. The van der Waals surface area contributed by atoms with Gasteiger partial charge >= 0.3 is 0 Å². The molecule has 0 saturated carbocycles. The molecule has 0 rings (SSSR count). The van der Waals surface area contributed by atoms with E-state index in [-0.39, 0.29) is 6.61 Å². The summed E-state index contributed by atoms with van der Waals surface area (Å²) in [6, 6.07) is -0.820. The van der Waals surface area contributed by atoms with E-state index in [9.17, 15) is 20.1 Å². The summed E-state index contributed by atoms with van der Waals surface area (Å²) in [5.41, 5.74) is 0. The molecule has 0 aliphatic rings. The van der Waals surface area contributed by atoms with Gasteiger partial charge in [0.15, 0.2) is 0 Å². The molecule has 3 unspecified atom stereocenters. The summed E-state index contributed by atoms with van der Waals surface area (Å²) in [5, 5.41) is 33.2. The van der Waals surface area contributed by atoms with Crippen LogP contribution >= 0.6 is 0 Å². The Morgan fingerprint density at radius 3 is 1.05 bits per heavy atom. The highest BCUT2D eigenvalue weighted by molar-refractivity contribution is 5.80. The molecule has 59 heavy (non-hydrogen) atoms. The first-order chi connectivity index (χ1) is 29.1. The van der Waals surface area contributed by atoms with Crippen LogP contribution in [-0.4, -0.2) is 46.1 Å². The van der Waals surface area contributed by atoms with Crippen LogP contribution in [0, 0.1) is 0 Å². The molecule has 0 saturated heterocycles. The number of hydrogen-bond acceptors (Lipinski definition) is 4. The molecule has 5 nitrogen and oxygen atoms in total. The molecule has 0 spiro atoms. The summed E-state index contributed by atoms with van der Waals surface area (Å²) in [6.45, 7) is 4.15. The van der Waals surface area contributed by atoms with Crippen LogP contribution in [0.25, 0.3) is 0 Å². The summed E-state index contributed by atoms with van der Waals surface area (Å²) >= 11 is 0. The van der Waals surface area contributed by atoms with Crippen LogP contribution in [0.5, 0.6) is 0 Å². The van der Waals surface area contributed by atoms with Gasteiger partial charge in [0.2, 0.25) is 5.91 Å². The molecule has 5 heteroatoms. The molecule has 346 valence electrons. The third-order valence-corrected chi connectivity index (χ3v) is 11.9. The Bertz CT molecular complexity index is 958. The molecule has 0 aromatic carbocycles. The van der Waals surface area contributed by atoms with E-state index in [1.165, 1.54) is 199 Å².